The zero-order valence-electron chi connectivity index (χ0n) is 68.8. The van der Waals surface area contributed by atoms with Crippen LogP contribution in [0.4, 0.5) is 0 Å². The van der Waals surface area contributed by atoms with Gasteiger partial charge in [-0.3, -0.25) is 0 Å². The van der Waals surface area contributed by atoms with E-state index in [1.807, 2.05) is 0 Å². The third kappa shape index (κ3) is 12.4. The van der Waals surface area contributed by atoms with Crippen molar-refractivity contribution >= 4 is 0 Å². The van der Waals surface area contributed by atoms with Crippen LogP contribution >= 0.6 is 0 Å². The van der Waals surface area contributed by atoms with Gasteiger partial charge in [0, 0.05) is 0 Å². The van der Waals surface area contributed by atoms with E-state index in [1.165, 1.54) is 91.2 Å². The van der Waals surface area contributed by atoms with E-state index in [4.69, 9.17) is 0 Å². The van der Waals surface area contributed by atoms with Gasteiger partial charge in [0.2, 0.25) is 0 Å². The number of aliphatic hydroxyl groups excluding tert-OH is 6. The van der Waals surface area contributed by atoms with Crippen LogP contribution in [0.3, 0.4) is 0 Å². The lowest BCUT2D eigenvalue weighted by Crippen LogP contribution is -2.67. The summed E-state index contributed by atoms with van der Waals surface area (Å²) in [6.45, 7) is 68.8. The van der Waals surface area contributed by atoms with Gasteiger partial charge in [-0.25, -0.2) is 0 Å². The van der Waals surface area contributed by atoms with Crippen molar-refractivity contribution < 1.29 is 30.6 Å². The molecular weight excluding hydrogens is 1210 g/mol. The lowest BCUT2D eigenvalue weighted by atomic mass is 9.33. The van der Waals surface area contributed by atoms with Crippen LogP contribution in [-0.4, -0.2) is 67.3 Å². The minimum atomic E-state index is -0.235. The summed E-state index contributed by atoms with van der Waals surface area (Å²) in [6, 6.07) is 0. The van der Waals surface area contributed by atoms with Gasteiger partial charge in [0.05, 0.1) is 36.6 Å². The maximum atomic E-state index is 11.8. The fourth-order valence-electron chi connectivity index (χ4n) is 32.4. The molecule has 30 atom stereocenters. The van der Waals surface area contributed by atoms with Gasteiger partial charge in [-0.1, -0.05) is 196 Å². The standard InChI is InChI=1S/3C31H52O2/c3*1-19(2)11-10-12-20(3)22-13-16-30(8)26(22)23(32)17-24-29(7)15-14-25(33)28(5,6)27(29)21(4)18-31(24,30)9/h11-12,21-27,32-33H,10,13-18H2,1-9H3;2*11,21-27,32-33H,3,10,12-18H2,1-2,4-9H3/b20-12-;;/t3*21-,22+,23+,24+,25-,26-,27-,29+,30+,31+/m000/s1. The van der Waals surface area contributed by atoms with Gasteiger partial charge in [-0.15, -0.1) is 0 Å². The molecule has 0 heterocycles. The molecule has 12 aliphatic rings. The van der Waals surface area contributed by atoms with E-state index in [1.54, 1.807) is 0 Å². The number of allylic oxidation sites excluding steroid dienone is 10. The molecule has 0 saturated heterocycles. The van der Waals surface area contributed by atoms with Crippen LogP contribution in [0.2, 0.25) is 0 Å². The summed E-state index contributed by atoms with van der Waals surface area (Å²) in [5, 5.41) is 68.2. The highest BCUT2D eigenvalue weighted by atomic mass is 16.3. The molecule has 99 heavy (non-hydrogen) atoms. The SMILES string of the molecule is C=C(CCC=C(C)C)[C@H]1CC[C@]2(C)[C@@H]1[C@H](O)C[C@@H]1[C@@]3(C)CC[C@H](O)C(C)(C)[C@@H]3[C@@H](C)C[C@]12C.C=C(CCC=C(C)C)[C@H]1CC[C@]2(C)[C@@H]1[C@H](O)C[C@@H]1[C@@]3(C)CC[C@H](O)C(C)(C)[C@@H]3[C@@H](C)C[C@]12C.CC(C)=CC/C=C(/C)[C@H]1CC[C@]2(C)[C@@H]1[C@H](O)C[C@@H]1[C@@]3(C)CC[C@H](O)C(C)(C)[C@@H]3[C@@H](C)C[C@]12C. The zero-order chi connectivity index (χ0) is 73.7. The molecule has 0 aliphatic heterocycles. The largest absolute Gasteiger partial charge is 0.393 e. The van der Waals surface area contributed by atoms with Crippen molar-refractivity contribution in [3.63, 3.8) is 0 Å². The maximum absolute atomic E-state index is 11.8. The van der Waals surface area contributed by atoms with E-state index in [-0.39, 0.29) is 102 Å². The van der Waals surface area contributed by atoms with Crippen LogP contribution < -0.4 is 0 Å². The van der Waals surface area contributed by atoms with Gasteiger partial charge >= 0.3 is 0 Å². The van der Waals surface area contributed by atoms with E-state index < -0.39 is 0 Å². The Morgan fingerprint density at radius 3 is 0.909 bits per heavy atom. The number of fused-ring (bicyclic) bond motifs is 15. The molecule has 0 spiro atoms. The van der Waals surface area contributed by atoms with Crippen molar-refractivity contribution in [2.75, 3.05) is 0 Å². The number of rotatable bonds is 11. The summed E-state index contributed by atoms with van der Waals surface area (Å²) in [6.07, 6.45) is 33.1. The summed E-state index contributed by atoms with van der Waals surface area (Å²) in [5.41, 5.74) is 9.95. The highest BCUT2D eigenvalue weighted by Crippen LogP contribution is 2.80. The fourth-order valence-corrected chi connectivity index (χ4v) is 32.4. The molecular formula is C93H156O6. The monoisotopic (exact) mass is 1370 g/mol. The predicted octanol–water partition coefficient (Wildman–Crippen LogP) is 22.7. The topological polar surface area (TPSA) is 121 Å². The molecule has 6 heteroatoms. The van der Waals surface area contributed by atoms with Crippen molar-refractivity contribution in [3.8, 4) is 0 Å². The Morgan fingerprint density at radius 1 is 0.354 bits per heavy atom. The smallest absolute Gasteiger partial charge is 0.0594 e. The molecule has 0 radical (unpaired) electrons. The molecule has 0 aromatic heterocycles. The molecule has 0 amide bonds. The average molecular weight is 1370 g/mol. The summed E-state index contributed by atoms with van der Waals surface area (Å²) in [5.74, 6) is 7.37. The molecule has 12 rings (SSSR count). The van der Waals surface area contributed by atoms with Gasteiger partial charge in [-0.2, -0.15) is 0 Å². The van der Waals surface area contributed by atoms with Crippen LogP contribution in [-0.2, 0) is 0 Å². The third-order valence-corrected chi connectivity index (χ3v) is 36.3. The van der Waals surface area contributed by atoms with E-state index in [2.05, 4.69) is 211 Å². The third-order valence-electron chi connectivity index (χ3n) is 36.3. The first-order chi connectivity index (χ1) is 45.6. The quantitative estimate of drug-likeness (QED) is 0.115. The minimum Gasteiger partial charge on any atom is -0.393 e. The van der Waals surface area contributed by atoms with Gasteiger partial charge in [-0.05, 0) is 350 Å². The highest BCUT2D eigenvalue weighted by Gasteiger charge is 2.75. The average Bonchev–Trinajstić information content (AvgIpc) is 1.68. The fraction of sp³-hybridized carbons (Fsp3) is 0.871. The van der Waals surface area contributed by atoms with Crippen molar-refractivity contribution in [1.82, 2.24) is 0 Å². The lowest BCUT2D eigenvalue weighted by Gasteiger charge is -2.72. The first kappa shape index (κ1) is 79.8. The van der Waals surface area contributed by atoms with E-state index in [0.29, 0.717) is 88.8 Å². The van der Waals surface area contributed by atoms with Crippen molar-refractivity contribution in [2.24, 2.45) is 154 Å². The van der Waals surface area contributed by atoms with Crippen LogP contribution in [0.15, 0.2) is 70.9 Å². The number of aliphatic hydroxyl groups is 6. The van der Waals surface area contributed by atoms with Gasteiger partial charge in [0.1, 0.15) is 0 Å². The molecule has 12 saturated carbocycles. The van der Waals surface area contributed by atoms with Gasteiger partial charge in [0.15, 0.2) is 0 Å². The molecule has 12 fully saturated rings. The molecule has 12 aliphatic carbocycles. The lowest BCUT2D eigenvalue weighted by molar-refractivity contribution is -0.256. The maximum Gasteiger partial charge on any atom is 0.0594 e. The van der Waals surface area contributed by atoms with E-state index in [0.717, 1.165) is 89.9 Å². The number of hydrogen-bond acceptors (Lipinski definition) is 6. The highest BCUT2D eigenvalue weighted by molar-refractivity contribution is 5.28. The summed E-state index contributed by atoms with van der Waals surface area (Å²) in [4.78, 5) is 0. The van der Waals surface area contributed by atoms with Gasteiger partial charge < -0.3 is 30.6 Å². The molecule has 564 valence electrons. The second-order valence-electron chi connectivity index (χ2n) is 43.1. The van der Waals surface area contributed by atoms with E-state index >= 15 is 0 Å². The second kappa shape index (κ2) is 27.5. The molecule has 0 aromatic rings. The molecule has 0 aromatic carbocycles. The van der Waals surface area contributed by atoms with Crippen LogP contribution in [0.5, 0.6) is 0 Å². The Morgan fingerprint density at radius 2 is 0.626 bits per heavy atom. The van der Waals surface area contributed by atoms with Gasteiger partial charge in [0.25, 0.3) is 0 Å². The summed E-state index contributed by atoms with van der Waals surface area (Å²) >= 11 is 0. The Labute approximate surface area is 609 Å². The first-order valence-corrected chi connectivity index (χ1v) is 41.6. The number of hydrogen-bond donors (Lipinski definition) is 6. The second-order valence-corrected chi connectivity index (χ2v) is 43.1. The Kier molecular flexibility index (Phi) is 22.1. The molecule has 0 bridgehead atoms. The van der Waals surface area contributed by atoms with Crippen molar-refractivity contribution in [3.05, 3.63) is 70.9 Å². The van der Waals surface area contributed by atoms with E-state index in [9.17, 15) is 30.6 Å². The Hall–Kier alpha value is -1.80. The minimum absolute atomic E-state index is 0.0566. The summed E-state index contributed by atoms with van der Waals surface area (Å²) < 4.78 is 0. The van der Waals surface area contributed by atoms with Crippen molar-refractivity contribution in [1.29, 1.82) is 0 Å². The normalized spacial score (nSPS) is 50.9. The predicted molar refractivity (Wildman–Crippen MR) is 416 cm³/mol. The molecule has 6 nitrogen and oxygen atoms in total. The van der Waals surface area contributed by atoms with Crippen LogP contribution in [0.1, 0.15) is 321 Å². The first-order valence-electron chi connectivity index (χ1n) is 41.6. The summed E-state index contributed by atoms with van der Waals surface area (Å²) in [7, 11) is 0. The van der Waals surface area contributed by atoms with Crippen LogP contribution in [0.25, 0.3) is 0 Å². The molecule has 6 N–H and O–H groups in total. The Balaban J connectivity index is 0.000000161. The zero-order valence-corrected chi connectivity index (χ0v) is 68.8. The van der Waals surface area contributed by atoms with Crippen molar-refractivity contribution in [2.45, 2.75) is 357 Å². The molecule has 0 unspecified atom stereocenters. The van der Waals surface area contributed by atoms with Crippen LogP contribution in [0, 0.1) is 154 Å². The Bertz CT molecular complexity index is 2940.